The second kappa shape index (κ2) is 8.99. The number of esters is 1. The zero-order valence-electron chi connectivity index (χ0n) is 17.0. The highest BCUT2D eigenvalue weighted by Crippen LogP contribution is 2.39. The highest BCUT2D eigenvalue weighted by atomic mass is 79.9. The number of carbonyl (C=O) groups is 2. The van der Waals surface area contributed by atoms with Crippen LogP contribution in [0.2, 0.25) is 0 Å². The van der Waals surface area contributed by atoms with Crippen LogP contribution in [-0.2, 0) is 14.3 Å². The Morgan fingerprint density at radius 1 is 1.16 bits per heavy atom. The molecule has 0 saturated heterocycles. The zero-order chi connectivity index (χ0) is 22.0. The predicted molar refractivity (Wildman–Crippen MR) is 116 cm³/mol. The van der Waals surface area contributed by atoms with Gasteiger partial charge in [-0.3, -0.25) is 4.90 Å². The Morgan fingerprint density at radius 2 is 1.90 bits per heavy atom. The summed E-state index contributed by atoms with van der Waals surface area (Å²) in [5.74, 6) is 0.625. The summed E-state index contributed by atoms with van der Waals surface area (Å²) in [6, 6.07) is 11.6. The van der Waals surface area contributed by atoms with E-state index >= 15 is 0 Å². The topological polar surface area (TPSA) is 86.3 Å². The van der Waals surface area contributed by atoms with Gasteiger partial charge in [0, 0.05) is 23.3 Å². The maximum Gasteiger partial charge on any atom is 0.338 e. The normalized spacial score (nSPS) is 17.6. The minimum absolute atomic E-state index is 0.108. The summed E-state index contributed by atoms with van der Waals surface area (Å²) in [5, 5.41) is 2.93. The fraction of sp³-hybridized carbons (Fsp3) is 0.273. The van der Waals surface area contributed by atoms with Crippen molar-refractivity contribution in [2.75, 3.05) is 32.0 Å². The van der Waals surface area contributed by atoms with Crippen LogP contribution in [0.3, 0.4) is 0 Å². The van der Waals surface area contributed by atoms with Crippen LogP contribution in [0.4, 0.5) is 10.5 Å². The molecular formula is C22H21BrN2O6. The van der Waals surface area contributed by atoms with E-state index in [1.807, 2.05) is 24.3 Å². The number of urea groups is 1. The fourth-order valence-electron chi connectivity index (χ4n) is 3.54. The summed E-state index contributed by atoms with van der Waals surface area (Å²) in [5.41, 5.74) is 2.13. The van der Waals surface area contributed by atoms with Crippen molar-refractivity contribution in [2.24, 2.45) is 0 Å². The molecule has 2 aliphatic rings. The van der Waals surface area contributed by atoms with Crippen LogP contribution in [0, 0.1) is 0 Å². The van der Waals surface area contributed by atoms with E-state index < -0.39 is 12.0 Å². The molecule has 4 rings (SSSR count). The van der Waals surface area contributed by atoms with Gasteiger partial charge in [0.05, 0.1) is 23.9 Å². The van der Waals surface area contributed by atoms with Gasteiger partial charge < -0.3 is 24.3 Å². The van der Waals surface area contributed by atoms with Gasteiger partial charge in [-0.2, -0.15) is 0 Å². The van der Waals surface area contributed by atoms with Crippen LogP contribution < -0.4 is 19.7 Å². The van der Waals surface area contributed by atoms with Gasteiger partial charge in [-0.05, 0) is 36.8 Å². The summed E-state index contributed by atoms with van der Waals surface area (Å²) in [4.78, 5) is 27.6. The molecule has 162 valence electrons. The number of benzene rings is 2. The van der Waals surface area contributed by atoms with Gasteiger partial charge in [-0.1, -0.05) is 28.1 Å². The lowest BCUT2D eigenvalue weighted by Crippen LogP contribution is -2.48. The number of amides is 2. The number of halogens is 1. The summed E-state index contributed by atoms with van der Waals surface area (Å²) < 4.78 is 22.1. The van der Waals surface area contributed by atoms with E-state index in [4.69, 9.17) is 18.9 Å². The zero-order valence-corrected chi connectivity index (χ0v) is 18.6. The highest BCUT2D eigenvalue weighted by Gasteiger charge is 2.37. The van der Waals surface area contributed by atoms with Crippen molar-refractivity contribution >= 4 is 33.6 Å². The largest absolute Gasteiger partial charge is 0.460 e. The molecule has 2 aliphatic heterocycles. The van der Waals surface area contributed by atoms with Crippen LogP contribution in [-0.4, -0.2) is 39.1 Å². The molecule has 0 aliphatic carbocycles. The summed E-state index contributed by atoms with van der Waals surface area (Å²) in [7, 11) is 1.53. The average Bonchev–Trinajstić information content (AvgIpc) is 3.22. The number of allylic oxidation sites excluding steroid dienone is 1. The van der Waals surface area contributed by atoms with Crippen LogP contribution in [0.5, 0.6) is 11.5 Å². The molecular weight excluding hydrogens is 468 g/mol. The van der Waals surface area contributed by atoms with Crippen molar-refractivity contribution in [3.63, 3.8) is 0 Å². The van der Waals surface area contributed by atoms with Crippen molar-refractivity contribution < 1.29 is 28.5 Å². The van der Waals surface area contributed by atoms with E-state index in [1.54, 1.807) is 25.1 Å². The molecule has 2 amide bonds. The van der Waals surface area contributed by atoms with Gasteiger partial charge in [0.15, 0.2) is 11.5 Å². The fourth-order valence-corrected chi connectivity index (χ4v) is 3.81. The Bertz CT molecular complexity index is 1040. The third kappa shape index (κ3) is 4.24. The highest BCUT2D eigenvalue weighted by molar-refractivity contribution is 9.10. The molecule has 1 unspecified atom stereocenters. The number of nitrogens with zero attached hydrogens (tertiary/aromatic N) is 1. The molecule has 9 heteroatoms. The van der Waals surface area contributed by atoms with Gasteiger partial charge in [-0.25, -0.2) is 9.59 Å². The van der Waals surface area contributed by atoms with Crippen LogP contribution in [0.25, 0.3) is 0 Å². The van der Waals surface area contributed by atoms with Crippen molar-refractivity contribution in [3.05, 3.63) is 63.8 Å². The molecule has 0 aromatic heterocycles. The first-order valence-electron chi connectivity index (χ1n) is 9.62. The van der Waals surface area contributed by atoms with Gasteiger partial charge in [0.2, 0.25) is 6.79 Å². The molecule has 0 spiro atoms. The Kier molecular flexibility index (Phi) is 6.15. The predicted octanol–water partition coefficient (Wildman–Crippen LogP) is 3.91. The van der Waals surface area contributed by atoms with Gasteiger partial charge in [-0.15, -0.1) is 0 Å². The molecule has 2 aromatic carbocycles. The maximum atomic E-state index is 13.1. The monoisotopic (exact) mass is 488 g/mol. The van der Waals surface area contributed by atoms with Crippen LogP contribution in [0.15, 0.2) is 58.2 Å². The number of anilines is 1. The number of nitrogens with one attached hydrogen (secondary N) is 1. The number of hydrogen-bond acceptors (Lipinski definition) is 6. The van der Waals surface area contributed by atoms with E-state index in [0.29, 0.717) is 28.5 Å². The molecule has 8 nitrogen and oxygen atoms in total. The Hall–Kier alpha value is -3.04. The van der Waals surface area contributed by atoms with E-state index in [0.717, 1.165) is 10.0 Å². The van der Waals surface area contributed by atoms with E-state index in [-0.39, 0.29) is 26.0 Å². The third-order valence-electron chi connectivity index (χ3n) is 5.04. The van der Waals surface area contributed by atoms with Crippen molar-refractivity contribution in [1.82, 2.24) is 5.32 Å². The van der Waals surface area contributed by atoms with E-state index in [2.05, 4.69) is 21.2 Å². The Morgan fingerprint density at radius 3 is 2.65 bits per heavy atom. The first-order valence-corrected chi connectivity index (χ1v) is 10.4. The lowest BCUT2D eigenvalue weighted by molar-refractivity contribution is -0.140. The number of carbonyl (C=O) groups excluding carboxylic acids is 2. The summed E-state index contributed by atoms with van der Waals surface area (Å²) in [6.45, 7) is 2.24. The number of hydrogen-bond donors (Lipinski definition) is 1. The third-order valence-corrected chi connectivity index (χ3v) is 5.57. The molecule has 0 fully saturated rings. The second-order valence-electron chi connectivity index (χ2n) is 6.93. The molecule has 0 saturated carbocycles. The van der Waals surface area contributed by atoms with Crippen molar-refractivity contribution in [3.8, 4) is 11.5 Å². The number of methoxy groups -OCH3 is 1. The lowest BCUT2D eigenvalue weighted by Gasteiger charge is -2.35. The SMILES string of the molecule is COCCOC(=O)C1=C(C)N(c2ccc3c(c2)OCO3)C(=O)NC1c1ccc(Br)cc1. The second-order valence-corrected chi connectivity index (χ2v) is 7.85. The molecule has 1 atom stereocenters. The Labute approximate surface area is 187 Å². The Balaban J connectivity index is 1.75. The molecule has 1 N–H and O–H groups in total. The first-order chi connectivity index (χ1) is 15.0. The van der Waals surface area contributed by atoms with E-state index in [1.165, 1.54) is 12.0 Å². The van der Waals surface area contributed by atoms with Crippen LogP contribution in [0.1, 0.15) is 18.5 Å². The summed E-state index contributed by atoms with van der Waals surface area (Å²) in [6.07, 6.45) is 0. The molecule has 0 radical (unpaired) electrons. The van der Waals surface area contributed by atoms with Gasteiger partial charge >= 0.3 is 12.0 Å². The van der Waals surface area contributed by atoms with E-state index in [9.17, 15) is 9.59 Å². The average molecular weight is 489 g/mol. The number of rotatable bonds is 6. The lowest BCUT2D eigenvalue weighted by atomic mass is 9.94. The molecule has 2 aromatic rings. The first kappa shape index (κ1) is 21.2. The quantitative estimate of drug-likeness (QED) is 0.489. The molecule has 0 bridgehead atoms. The smallest absolute Gasteiger partial charge is 0.338 e. The standard InChI is InChI=1S/C22H21BrN2O6/c1-13-19(21(26)29-10-9-28-2)20(14-3-5-15(23)6-4-14)24-22(27)25(13)16-7-8-17-18(11-16)31-12-30-17/h3-8,11,20H,9-10,12H2,1-2H3,(H,24,27). The maximum absolute atomic E-state index is 13.1. The minimum atomic E-state index is -0.652. The number of fused-ring (bicyclic) bond motifs is 1. The van der Waals surface area contributed by atoms with Crippen molar-refractivity contribution in [2.45, 2.75) is 13.0 Å². The van der Waals surface area contributed by atoms with Crippen molar-refractivity contribution in [1.29, 1.82) is 0 Å². The van der Waals surface area contributed by atoms with Gasteiger partial charge in [0.25, 0.3) is 0 Å². The van der Waals surface area contributed by atoms with Crippen LogP contribution >= 0.6 is 15.9 Å². The molecule has 31 heavy (non-hydrogen) atoms. The van der Waals surface area contributed by atoms with Gasteiger partial charge in [0.1, 0.15) is 6.61 Å². The number of ether oxygens (including phenoxy) is 4. The minimum Gasteiger partial charge on any atom is -0.460 e. The summed E-state index contributed by atoms with van der Waals surface area (Å²) >= 11 is 3.41. The molecule has 2 heterocycles.